The van der Waals surface area contributed by atoms with Crippen LogP contribution in [0.2, 0.25) is 0 Å². The number of rotatable bonds is 7. The predicted octanol–water partition coefficient (Wildman–Crippen LogP) is 3.10. The van der Waals surface area contributed by atoms with Crippen LogP contribution in [0, 0.1) is 17.3 Å². The van der Waals surface area contributed by atoms with Crippen LogP contribution in [0.15, 0.2) is 24.3 Å². The Labute approximate surface area is 121 Å². The third-order valence-electron chi connectivity index (χ3n) is 4.97. The number of hydrogen-bond acceptors (Lipinski definition) is 3. The minimum absolute atomic E-state index is 0.463. The normalized spacial score (nSPS) is 30.9. The average Bonchev–Trinajstić information content (AvgIpc) is 3.08. The first-order chi connectivity index (χ1) is 9.76. The summed E-state index contributed by atoms with van der Waals surface area (Å²) in [5.74, 6) is 3.70. The van der Waals surface area contributed by atoms with Gasteiger partial charge in [-0.25, -0.2) is 0 Å². The molecule has 20 heavy (non-hydrogen) atoms. The highest BCUT2D eigenvalue weighted by molar-refractivity contribution is 5.39. The van der Waals surface area contributed by atoms with Gasteiger partial charge in [-0.05, 0) is 62.1 Å². The fourth-order valence-corrected chi connectivity index (χ4v) is 3.93. The molecule has 3 rings (SSSR count). The number of ether oxygens (including phenoxy) is 2. The molecule has 0 spiro atoms. The van der Waals surface area contributed by atoms with Crippen LogP contribution in [0.1, 0.15) is 25.7 Å². The van der Waals surface area contributed by atoms with E-state index in [-0.39, 0.29) is 0 Å². The number of benzene rings is 1. The first kappa shape index (κ1) is 13.7. The molecule has 0 radical (unpaired) electrons. The summed E-state index contributed by atoms with van der Waals surface area (Å²) >= 11 is 0. The van der Waals surface area contributed by atoms with E-state index >= 15 is 0 Å². The smallest absolute Gasteiger partial charge is 0.161 e. The van der Waals surface area contributed by atoms with Crippen molar-refractivity contribution in [2.75, 3.05) is 27.3 Å². The summed E-state index contributed by atoms with van der Waals surface area (Å²) in [6.07, 6.45) is 5.37. The quantitative estimate of drug-likeness (QED) is 0.829. The molecule has 0 heterocycles. The summed E-state index contributed by atoms with van der Waals surface area (Å²) in [7, 11) is 3.75. The molecule has 3 heteroatoms. The van der Waals surface area contributed by atoms with Crippen molar-refractivity contribution in [3.8, 4) is 11.5 Å². The Morgan fingerprint density at radius 3 is 2.55 bits per heavy atom. The highest BCUT2D eigenvalue weighted by atomic mass is 16.5. The lowest BCUT2D eigenvalue weighted by atomic mass is 9.80. The molecule has 2 aliphatic carbocycles. The van der Waals surface area contributed by atoms with E-state index < -0.39 is 0 Å². The van der Waals surface area contributed by atoms with Crippen LogP contribution in [-0.4, -0.2) is 27.3 Å². The van der Waals surface area contributed by atoms with Crippen LogP contribution in [0.3, 0.4) is 0 Å². The van der Waals surface area contributed by atoms with Crippen LogP contribution in [0.5, 0.6) is 11.5 Å². The fraction of sp³-hybridized carbons (Fsp3) is 0.647. The highest BCUT2D eigenvalue weighted by Gasteiger charge is 2.53. The second kappa shape index (κ2) is 5.65. The zero-order chi connectivity index (χ0) is 14.0. The van der Waals surface area contributed by atoms with E-state index in [0.29, 0.717) is 5.41 Å². The zero-order valence-electron chi connectivity index (χ0n) is 12.5. The monoisotopic (exact) mass is 275 g/mol. The van der Waals surface area contributed by atoms with Gasteiger partial charge in [0, 0.05) is 6.54 Å². The number of nitrogens with one attached hydrogen (secondary N) is 1. The fourth-order valence-electron chi connectivity index (χ4n) is 3.93. The van der Waals surface area contributed by atoms with Crippen LogP contribution in [-0.2, 0) is 0 Å². The Hall–Kier alpha value is -1.22. The lowest BCUT2D eigenvalue weighted by Gasteiger charge is -2.30. The minimum Gasteiger partial charge on any atom is -0.493 e. The molecule has 0 aromatic heterocycles. The zero-order valence-corrected chi connectivity index (χ0v) is 12.5. The van der Waals surface area contributed by atoms with Gasteiger partial charge >= 0.3 is 0 Å². The van der Waals surface area contributed by atoms with E-state index in [1.54, 1.807) is 7.11 Å². The molecule has 3 nitrogen and oxygen atoms in total. The molecule has 2 fully saturated rings. The molecule has 0 amide bonds. The van der Waals surface area contributed by atoms with Crippen LogP contribution < -0.4 is 14.8 Å². The van der Waals surface area contributed by atoms with E-state index in [2.05, 4.69) is 12.4 Å². The van der Waals surface area contributed by atoms with Crippen molar-refractivity contribution < 1.29 is 9.47 Å². The van der Waals surface area contributed by atoms with Gasteiger partial charge in [-0.15, -0.1) is 0 Å². The third-order valence-corrected chi connectivity index (χ3v) is 4.97. The molecule has 2 unspecified atom stereocenters. The number of methoxy groups -OCH3 is 1. The SMILES string of the molecule is CNCC1(CCOc2ccccc2OC)CC2CC2C1. The van der Waals surface area contributed by atoms with Gasteiger partial charge in [0.15, 0.2) is 11.5 Å². The lowest BCUT2D eigenvalue weighted by Crippen LogP contribution is -2.33. The van der Waals surface area contributed by atoms with Crippen LogP contribution in [0.4, 0.5) is 0 Å². The molecule has 0 bridgehead atoms. The molecule has 2 aliphatic rings. The molecule has 2 atom stereocenters. The summed E-state index contributed by atoms with van der Waals surface area (Å²) in [4.78, 5) is 0. The Kier molecular flexibility index (Phi) is 3.88. The molecule has 0 saturated heterocycles. The maximum Gasteiger partial charge on any atom is 0.161 e. The van der Waals surface area contributed by atoms with Gasteiger partial charge in [0.2, 0.25) is 0 Å². The molecular weight excluding hydrogens is 250 g/mol. The standard InChI is InChI=1S/C17H25NO2/c1-18-12-17(10-13-9-14(13)11-17)7-8-20-16-6-4-3-5-15(16)19-2/h3-6,13-14,18H,7-12H2,1-2H3. The maximum absolute atomic E-state index is 5.96. The van der Waals surface area contributed by atoms with Crippen LogP contribution in [0.25, 0.3) is 0 Å². The highest BCUT2D eigenvalue weighted by Crippen LogP contribution is 2.60. The van der Waals surface area contributed by atoms with Crippen molar-refractivity contribution in [2.45, 2.75) is 25.7 Å². The second-order valence-corrected chi connectivity index (χ2v) is 6.44. The summed E-state index contributed by atoms with van der Waals surface area (Å²) in [5, 5.41) is 3.38. The number of para-hydroxylation sites is 2. The predicted molar refractivity (Wildman–Crippen MR) is 80.3 cm³/mol. The lowest BCUT2D eigenvalue weighted by molar-refractivity contribution is 0.177. The molecule has 1 aromatic carbocycles. The van der Waals surface area contributed by atoms with Crippen LogP contribution >= 0.6 is 0 Å². The summed E-state index contributed by atoms with van der Waals surface area (Å²) < 4.78 is 11.3. The Morgan fingerprint density at radius 1 is 1.20 bits per heavy atom. The van der Waals surface area contributed by atoms with Crippen molar-refractivity contribution in [3.05, 3.63) is 24.3 Å². The molecule has 0 aliphatic heterocycles. The maximum atomic E-state index is 5.96. The van der Waals surface area contributed by atoms with E-state index in [0.717, 1.165) is 42.9 Å². The molecule has 110 valence electrons. The van der Waals surface area contributed by atoms with Gasteiger partial charge in [-0.1, -0.05) is 12.1 Å². The Bertz CT molecular complexity index is 450. The molecule has 1 aromatic rings. The molecule has 1 N–H and O–H groups in total. The van der Waals surface area contributed by atoms with E-state index in [1.807, 2.05) is 24.3 Å². The topological polar surface area (TPSA) is 30.5 Å². The Balaban J connectivity index is 1.55. The molecule has 2 saturated carbocycles. The Morgan fingerprint density at radius 2 is 1.90 bits per heavy atom. The van der Waals surface area contributed by atoms with Crippen molar-refractivity contribution in [1.82, 2.24) is 5.32 Å². The largest absolute Gasteiger partial charge is 0.493 e. The van der Waals surface area contributed by atoms with E-state index in [9.17, 15) is 0 Å². The van der Waals surface area contributed by atoms with E-state index in [1.165, 1.54) is 19.3 Å². The van der Waals surface area contributed by atoms with Gasteiger partial charge in [0.05, 0.1) is 13.7 Å². The first-order valence-electron chi connectivity index (χ1n) is 7.67. The number of hydrogen-bond donors (Lipinski definition) is 1. The number of fused-ring (bicyclic) bond motifs is 1. The van der Waals surface area contributed by atoms with Crippen molar-refractivity contribution in [1.29, 1.82) is 0 Å². The van der Waals surface area contributed by atoms with E-state index in [4.69, 9.17) is 9.47 Å². The van der Waals surface area contributed by atoms with Crippen molar-refractivity contribution >= 4 is 0 Å². The van der Waals surface area contributed by atoms with Gasteiger partial charge in [0.25, 0.3) is 0 Å². The third kappa shape index (κ3) is 2.78. The average molecular weight is 275 g/mol. The minimum atomic E-state index is 0.463. The summed E-state index contributed by atoms with van der Waals surface area (Å²) in [6.45, 7) is 1.90. The van der Waals surface area contributed by atoms with Crippen molar-refractivity contribution in [3.63, 3.8) is 0 Å². The van der Waals surface area contributed by atoms with Gasteiger partial charge in [0.1, 0.15) is 0 Å². The van der Waals surface area contributed by atoms with Gasteiger partial charge in [-0.3, -0.25) is 0 Å². The van der Waals surface area contributed by atoms with Crippen molar-refractivity contribution in [2.24, 2.45) is 17.3 Å². The summed E-state index contributed by atoms with van der Waals surface area (Å²) in [5.41, 5.74) is 0.463. The van der Waals surface area contributed by atoms with Gasteiger partial charge in [-0.2, -0.15) is 0 Å². The first-order valence-corrected chi connectivity index (χ1v) is 7.67. The van der Waals surface area contributed by atoms with Gasteiger partial charge < -0.3 is 14.8 Å². The second-order valence-electron chi connectivity index (χ2n) is 6.44. The molecular formula is C17H25NO2. The summed E-state index contributed by atoms with van der Waals surface area (Å²) in [6, 6.07) is 7.89.